The average Bonchev–Trinajstić information content (AvgIpc) is 3.23. The Hall–Kier alpha value is -5.28. The maximum absolute atomic E-state index is 14.3. The zero-order valence-electron chi connectivity index (χ0n) is 27.9. The number of ketones is 1. The number of nitrogens with zero attached hydrogens (tertiary/aromatic N) is 4. The number of carbonyl (C=O) groups is 2. The summed E-state index contributed by atoms with van der Waals surface area (Å²) < 4.78 is 0. The molecule has 1 saturated heterocycles. The van der Waals surface area contributed by atoms with E-state index >= 15 is 0 Å². The summed E-state index contributed by atoms with van der Waals surface area (Å²) in [5.41, 5.74) is 5.69. The Bertz CT molecular complexity index is 1860. The number of rotatable bonds is 7. The number of amides is 1. The minimum absolute atomic E-state index is 0.0120. The van der Waals surface area contributed by atoms with Crippen LogP contribution in [-0.2, 0) is 9.59 Å². The first-order chi connectivity index (χ1) is 23.7. The quantitative estimate of drug-likeness (QED) is 0.167. The molecule has 9 nitrogen and oxygen atoms in total. The van der Waals surface area contributed by atoms with Gasteiger partial charge in [0.05, 0.1) is 34.9 Å². The summed E-state index contributed by atoms with van der Waals surface area (Å²) in [6.07, 6.45) is 0.991. The molecule has 2 heterocycles. The Morgan fingerprint density at radius 3 is 2.14 bits per heavy atom. The van der Waals surface area contributed by atoms with Gasteiger partial charge in [-0.3, -0.25) is 24.6 Å². The van der Waals surface area contributed by atoms with E-state index in [2.05, 4.69) is 72.6 Å². The number of allylic oxidation sites excluding steroid dienone is 1. The van der Waals surface area contributed by atoms with Gasteiger partial charge in [-0.25, -0.2) is 0 Å². The van der Waals surface area contributed by atoms with Gasteiger partial charge in [-0.2, -0.15) is 0 Å². The first-order valence-electron chi connectivity index (χ1n) is 16.9. The van der Waals surface area contributed by atoms with Gasteiger partial charge >= 0.3 is 0 Å². The molecule has 1 fully saturated rings. The monoisotopic (exact) mass is 655 g/mol. The number of anilines is 2. The number of piperazine rings is 1. The topological polar surface area (TPSA) is 99.0 Å². The molecule has 250 valence electrons. The number of benzene rings is 4. The van der Waals surface area contributed by atoms with E-state index in [1.54, 1.807) is 12.1 Å². The number of non-ortho nitro benzene ring substituents is 1. The van der Waals surface area contributed by atoms with Crippen LogP contribution in [0.25, 0.3) is 0 Å². The van der Waals surface area contributed by atoms with Crippen molar-refractivity contribution >= 4 is 28.8 Å². The predicted octanol–water partition coefficient (Wildman–Crippen LogP) is 7.15. The maximum atomic E-state index is 14.3. The fourth-order valence-corrected chi connectivity index (χ4v) is 7.74. The molecule has 1 atom stereocenters. The van der Waals surface area contributed by atoms with Gasteiger partial charge in [-0.15, -0.1) is 0 Å². The molecule has 49 heavy (non-hydrogen) atoms. The molecule has 4 aromatic rings. The smallest absolute Gasteiger partial charge is 0.269 e. The van der Waals surface area contributed by atoms with E-state index < -0.39 is 11.0 Å². The van der Waals surface area contributed by atoms with Gasteiger partial charge in [0.15, 0.2) is 5.78 Å². The number of hydrogen-bond acceptors (Lipinski definition) is 7. The van der Waals surface area contributed by atoms with Crippen molar-refractivity contribution in [3.05, 3.63) is 147 Å². The SMILES string of the molecule is CC1(C)CC(=O)C2=C(C1)Nc1ccccc1N(CC(=O)N1CCN(C(c3ccccc3)c3ccccc3)CC1)C2c1cccc([N+](=O)[O-])c1. The molecule has 1 amide bonds. The predicted molar refractivity (Wildman–Crippen MR) is 191 cm³/mol. The lowest BCUT2D eigenvalue weighted by Crippen LogP contribution is -2.52. The highest BCUT2D eigenvalue weighted by atomic mass is 16.6. The largest absolute Gasteiger partial charge is 0.357 e. The lowest BCUT2D eigenvalue weighted by atomic mass is 9.73. The Labute approximate surface area is 287 Å². The fourth-order valence-electron chi connectivity index (χ4n) is 7.74. The van der Waals surface area contributed by atoms with E-state index in [1.807, 2.05) is 52.3 Å². The maximum Gasteiger partial charge on any atom is 0.269 e. The van der Waals surface area contributed by atoms with Crippen LogP contribution >= 0.6 is 0 Å². The molecule has 0 radical (unpaired) electrons. The minimum Gasteiger partial charge on any atom is -0.357 e. The van der Waals surface area contributed by atoms with Crippen molar-refractivity contribution in [3.63, 3.8) is 0 Å². The molecule has 4 aromatic carbocycles. The third-order valence-corrected chi connectivity index (χ3v) is 9.97. The van der Waals surface area contributed by atoms with Crippen LogP contribution < -0.4 is 10.2 Å². The minimum atomic E-state index is -0.680. The van der Waals surface area contributed by atoms with Crippen LogP contribution in [0.1, 0.15) is 55.5 Å². The van der Waals surface area contributed by atoms with Crippen molar-refractivity contribution in [2.45, 2.75) is 38.8 Å². The van der Waals surface area contributed by atoms with Crippen LogP contribution in [0.5, 0.6) is 0 Å². The second kappa shape index (κ2) is 13.3. The van der Waals surface area contributed by atoms with Gasteiger partial charge in [0.2, 0.25) is 5.91 Å². The van der Waals surface area contributed by atoms with Crippen LogP contribution in [0, 0.1) is 15.5 Å². The summed E-state index contributed by atoms with van der Waals surface area (Å²) in [5, 5.41) is 15.5. The number of nitro benzene ring substituents is 1. The van der Waals surface area contributed by atoms with Crippen LogP contribution in [0.15, 0.2) is 120 Å². The first kappa shape index (κ1) is 32.3. The molecular formula is C40H41N5O4. The van der Waals surface area contributed by atoms with Crippen LogP contribution in [0.4, 0.5) is 17.1 Å². The zero-order chi connectivity index (χ0) is 34.1. The fraction of sp³-hybridized carbons (Fsp3) is 0.300. The zero-order valence-corrected chi connectivity index (χ0v) is 27.9. The molecule has 0 aromatic heterocycles. The molecule has 0 spiro atoms. The standard InChI is InChI=1S/C40H41N5O4/c1-40(2)25-33-37(35(46)26-40)39(30-16-11-17-31(24-30)45(48)49)44(34-19-10-9-18-32(34)41-33)27-36(47)42-20-22-43(23-21-42)38(28-12-5-3-6-13-28)29-14-7-4-8-15-29/h3-19,24,38-39,41H,20-23,25-27H2,1-2H3. The molecule has 0 saturated carbocycles. The summed E-state index contributed by atoms with van der Waals surface area (Å²) in [6, 6.07) is 34.6. The van der Waals surface area contributed by atoms with Crippen LogP contribution in [-0.4, -0.2) is 59.1 Å². The van der Waals surface area contributed by atoms with E-state index in [1.165, 1.54) is 17.2 Å². The number of Topliss-reactive ketones (excluding diaryl/α,β-unsaturated/α-hetero) is 1. The van der Waals surface area contributed by atoms with Crippen molar-refractivity contribution < 1.29 is 14.5 Å². The van der Waals surface area contributed by atoms with Crippen molar-refractivity contribution in [1.82, 2.24) is 9.80 Å². The number of nitrogens with one attached hydrogen (secondary N) is 1. The molecular weight excluding hydrogens is 614 g/mol. The number of carbonyl (C=O) groups excluding carboxylic acids is 2. The molecule has 3 aliphatic rings. The normalized spacial score (nSPS) is 19.2. The Balaban J connectivity index is 1.21. The summed E-state index contributed by atoms with van der Waals surface area (Å²) in [7, 11) is 0. The lowest BCUT2D eigenvalue weighted by molar-refractivity contribution is -0.384. The van der Waals surface area contributed by atoms with Gasteiger partial charge in [0.1, 0.15) is 0 Å². The van der Waals surface area contributed by atoms with Crippen LogP contribution in [0.2, 0.25) is 0 Å². The van der Waals surface area contributed by atoms with Crippen molar-refractivity contribution in [2.24, 2.45) is 5.41 Å². The third kappa shape index (κ3) is 6.58. The van der Waals surface area contributed by atoms with Crippen LogP contribution in [0.3, 0.4) is 0 Å². The lowest BCUT2D eigenvalue weighted by Gasteiger charge is -2.41. The van der Waals surface area contributed by atoms with Gasteiger partial charge in [0, 0.05) is 56.0 Å². The van der Waals surface area contributed by atoms with E-state index in [4.69, 9.17) is 0 Å². The van der Waals surface area contributed by atoms with E-state index in [0.29, 0.717) is 50.2 Å². The molecule has 1 N–H and O–H groups in total. The highest BCUT2D eigenvalue weighted by Crippen LogP contribution is 2.48. The Morgan fingerprint density at radius 1 is 0.857 bits per heavy atom. The summed E-state index contributed by atoms with van der Waals surface area (Å²) in [4.78, 5) is 46.2. The van der Waals surface area contributed by atoms with Crippen molar-refractivity contribution in [1.29, 1.82) is 0 Å². The summed E-state index contributed by atoms with van der Waals surface area (Å²) in [6.45, 7) is 6.70. The summed E-state index contributed by atoms with van der Waals surface area (Å²) >= 11 is 0. The molecule has 7 rings (SSSR count). The highest BCUT2D eigenvalue weighted by Gasteiger charge is 2.42. The molecule has 2 aliphatic heterocycles. The van der Waals surface area contributed by atoms with Gasteiger partial charge in [-0.05, 0) is 40.7 Å². The number of nitro groups is 1. The van der Waals surface area contributed by atoms with E-state index in [-0.39, 0.29) is 35.4 Å². The molecule has 1 aliphatic carbocycles. The van der Waals surface area contributed by atoms with E-state index in [9.17, 15) is 19.7 Å². The number of para-hydroxylation sites is 2. The Morgan fingerprint density at radius 2 is 1.49 bits per heavy atom. The van der Waals surface area contributed by atoms with Gasteiger partial charge in [-0.1, -0.05) is 98.8 Å². The van der Waals surface area contributed by atoms with Gasteiger partial charge in [0.25, 0.3) is 5.69 Å². The first-order valence-corrected chi connectivity index (χ1v) is 16.9. The van der Waals surface area contributed by atoms with Crippen molar-refractivity contribution in [2.75, 3.05) is 42.9 Å². The summed E-state index contributed by atoms with van der Waals surface area (Å²) in [5.74, 6) is -0.0597. The van der Waals surface area contributed by atoms with Crippen molar-refractivity contribution in [3.8, 4) is 0 Å². The highest BCUT2D eigenvalue weighted by molar-refractivity contribution is 6.02. The molecule has 9 heteroatoms. The second-order valence-electron chi connectivity index (χ2n) is 14.0. The van der Waals surface area contributed by atoms with E-state index in [0.717, 1.165) is 17.1 Å². The number of fused-ring (bicyclic) bond motifs is 1. The molecule has 0 bridgehead atoms. The van der Waals surface area contributed by atoms with Gasteiger partial charge < -0.3 is 15.1 Å². The second-order valence-corrected chi connectivity index (χ2v) is 14.0. The third-order valence-electron chi connectivity index (χ3n) is 9.97. The molecule has 1 unspecified atom stereocenters. The average molecular weight is 656 g/mol. The Kier molecular flexibility index (Phi) is 8.77. The number of hydrogen-bond donors (Lipinski definition) is 1.